The zero-order valence-electron chi connectivity index (χ0n) is 9.80. The van der Waals surface area contributed by atoms with Gasteiger partial charge in [-0.3, -0.25) is 0 Å². The number of hydrogen-bond acceptors (Lipinski definition) is 5. The molecule has 0 unspecified atom stereocenters. The standard InChI is InChI=1S/C10H12N4O2.ClH/c1-4-8-11-12-9-6(2)5-7(10(15)16-3)13-14(8)9;/h5H,4H2,1-3H3;1H. The van der Waals surface area contributed by atoms with Crippen molar-refractivity contribution in [2.24, 2.45) is 0 Å². The van der Waals surface area contributed by atoms with Crippen LogP contribution in [0.2, 0.25) is 0 Å². The van der Waals surface area contributed by atoms with Crippen LogP contribution < -0.4 is 0 Å². The normalized spacial score (nSPS) is 10.1. The summed E-state index contributed by atoms with van der Waals surface area (Å²) < 4.78 is 6.22. The van der Waals surface area contributed by atoms with Gasteiger partial charge >= 0.3 is 5.97 Å². The van der Waals surface area contributed by atoms with Gasteiger partial charge in [-0.25, -0.2) is 4.79 Å². The van der Waals surface area contributed by atoms with E-state index in [0.717, 1.165) is 11.4 Å². The Balaban J connectivity index is 0.00000144. The summed E-state index contributed by atoms with van der Waals surface area (Å²) in [5.41, 5.74) is 1.79. The van der Waals surface area contributed by atoms with Gasteiger partial charge in [-0.2, -0.15) is 9.61 Å². The Bertz CT molecular complexity index is 552. The zero-order valence-corrected chi connectivity index (χ0v) is 10.6. The molecule has 0 bridgehead atoms. The maximum atomic E-state index is 11.4. The van der Waals surface area contributed by atoms with Gasteiger partial charge in [-0.15, -0.1) is 22.6 Å². The van der Waals surface area contributed by atoms with Crippen LogP contribution in [0.4, 0.5) is 0 Å². The van der Waals surface area contributed by atoms with E-state index in [1.807, 2.05) is 13.8 Å². The number of aromatic nitrogens is 4. The van der Waals surface area contributed by atoms with E-state index in [4.69, 9.17) is 0 Å². The number of aryl methyl sites for hydroxylation is 2. The molecule has 0 radical (unpaired) electrons. The summed E-state index contributed by atoms with van der Waals surface area (Å²) in [6, 6.07) is 1.65. The Morgan fingerprint density at radius 3 is 2.76 bits per heavy atom. The van der Waals surface area contributed by atoms with Crippen LogP contribution in [0.15, 0.2) is 6.07 Å². The fraction of sp³-hybridized carbons (Fsp3) is 0.400. The van der Waals surface area contributed by atoms with Crippen LogP contribution in [0.25, 0.3) is 5.65 Å². The lowest BCUT2D eigenvalue weighted by molar-refractivity contribution is 0.0592. The molecule has 0 fully saturated rings. The van der Waals surface area contributed by atoms with Gasteiger partial charge in [0.2, 0.25) is 0 Å². The number of carbonyl (C=O) groups is 1. The molecule has 0 aliphatic rings. The van der Waals surface area contributed by atoms with E-state index in [0.29, 0.717) is 12.1 Å². The number of rotatable bonds is 2. The number of methoxy groups -OCH3 is 1. The summed E-state index contributed by atoms with van der Waals surface area (Å²) >= 11 is 0. The predicted molar refractivity (Wildman–Crippen MR) is 63.5 cm³/mol. The molecule has 0 atom stereocenters. The van der Waals surface area contributed by atoms with Crippen LogP contribution in [-0.2, 0) is 11.2 Å². The first kappa shape index (κ1) is 13.4. The molecule has 0 aliphatic carbocycles. The van der Waals surface area contributed by atoms with Crippen molar-refractivity contribution >= 4 is 24.0 Å². The maximum absolute atomic E-state index is 11.4. The van der Waals surface area contributed by atoms with Gasteiger partial charge in [0, 0.05) is 6.42 Å². The van der Waals surface area contributed by atoms with Crippen molar-refractivity contribution in [2.45, 2.75) is 20.3 Å². The summed E-state index contributed by atoms with van der Waals surface area (Å²) in [6.07, 6.45) is 0.707. The second-order valence-electron chi connectivity index (χ2n) is 3.41. The number of esters is 1. The molecule has 2 rings (SSSR count). The monoisotopic (exact) mass is 256 g/mol. The van der Waals surface area contributed by atoms with E-state index >= 15 is 0 Å². The quantitative estimate of drug-likeness (QED) is 0.756. The molecule has 0 saturated carbocycles. The zero-order chi connectivity index (χ0) is 11.7. The molecule has 0 spiro atoms. The third-order valence-corrected chi connectivity index (χ3v) is 2.33. The average Bonchev–Trinajstić information content (AvgIpc) is 2.71. The van der Waals surface area contributed by atoms with Crippen LogP contribution in [0.5, 0.6) is 0 Å². The van der Waals surface area contributed by atoms with Crippen molar-refractivity contribution in [3.8, 4) is 0 Å². The van der Waals surface area contributed by atoms with Crippen molar-refractivity contribution < 1.29 is 9.53 Å². The molecular weight excluding hydrogens is 244 g/mol. The molecule has 0 amide bonds. The van der Waals surface area contributed by atoms with Crippen LogP contribution in [0.3, 0.4) is 0 Å². The van der Waals surface area contributed by atoms with Crippen LogP contribution in [0, 0.1) is 6.92 Å². The highest BCUT2D eigenvalue weighted by Gasteiger charge is 2.14. The summed E-state index contributed by atoms with van der Waals surface area (Å²) in [6.45, 7) is 3.82. The summed E-state index contributed by atoms with van der Waals surface area (Å²) in [4.78, 5) is 11.4. The van der Waals surface area contributed by atoms with E-state index in [-0.39, 0.29) is 18.1 Å². The second kappa shape index (κ2) is 5.09. The van der Waals surface area contributed by atoms with E-state index in [2.05, 4.69) is 20.0 Å². The minimum Gasteiger partial charge on any atom is -0.464 e. The van der Waals surface area contributed by atoms with Crippen molar-refractivity contribution in [1.29, 1.82) is 0 Å². The number of carbonyl (C=O) groups excluding carboxylic acids is 1. The van der Waals surface area contributed by atoms with Crippen LogP contribution in [0.1, 0.15) is 28.8 Å². The maximum Gasteiger partial charge on any atom is 0.358 e. The molecule has 0 N–H and O–H groups in total. The largest absolute Gasteiger partial charge is 0.464 e. The third kappa shape index (κ3) is 2.21. The van der Waals surface area contributed by atoms with Crippen molar-refractivity contribution in [3.05, 3.63) is 23.1 Å². The highest BCUT2D eigenvalue weighted by molar-refractivity contribution is 5.87. The van der Waals surface area contributed by atoms with Gasteiger partial charge in [0.25, 0.3) is 0 Å². The van der Waals surface area contributed by atoms with E-state index in [9.17, 15) is 4.79 Å². The predicted octanol–water partition coefficient (Wildman–Crippen LogP) is 1.20. The molecule has 0 aliphatic heterocycles. The minimum absolute atomic E-state index is 0. The van der Waals surface area contributed by atoms with Crippen LogP contribution in [-0.4, -0.2) is 32.9 Å². The summed E-state index contributed by atoms with van der Waals surface area (Å²) in [7, 11) is 1.33. The van der Waals surface area contributed by atoms with Gasteiger partial charge in [-0.1, -0.05) is 6.92 Å². The van der Waals surface area contributed by atoms with Crippen molar-refractivity contribution in [2.75, 3.05) is 7.11 Å². The lowest BCUT2D eigenvalue weighted by Gasteiger charge is -2.02. The minimum atomic E-state index is -0.458. The molecule has 92 valence electrons. The number of ether oxygens (including phenoxy) is 1. The summed E-state index contributed by atoms with van der Waals surface area (Å²) in [5.74, 6) is 0.268. The lowest BCUT2D eigenvalue weighted by atomic mass is 10.3. The van der Waals surface area contributed by atoms with E-state index < -0.39 is 5.97 Å². The lowest BCUT2D eigenvalue weighted by Crippen LogP contribution is -2.10. The number of hydrogen-bond donors (Lipinski definition) is 0. The Labute approximate surface area is 104 Å². The molecule has 2 heterocycles. The number of halogens is 1. The van der Waals surface area contributed by atoms with E-state index in [1.165, 1.54) is 7.11 Å². The second-order valence-corrected chi connectivity index (χ2v) is 3.41. The van der Waals surface area contributed by atoms with Gasteiger partial charge in [0.05, 0.1) is 7.11 Å². The Hall–Kier alpha value is -1.69. The average molecular weight is 257 g/mol. The van der Waals surface area contributed by atoms with Crippen LogP contribution >= 0.6 is 12.4 Å². The van der Waals surface area contributed by atoms with Gasteiger partial charge < -0.3 is 4.74 Å². The first-order valence-corrected chi connectivity index (χ1v) is 4.97. The molecule has 0 aromatic carbocycles. The van der Waals surface area contributed by atoms with Crippen molar-refractivity contribution in [3.63, 3.8) is 0 Å². The topological polar surface area (TPSA) is 69.4 Å². The van der Waals surface area contributed by atoms with E-state index in [1.54, 1.807) is 10.6 Å². The highest BCUT2D eigenvalue weighted by Crippen LogP contribution is 2.10. The van der Waals surface area contributed by atoms with Gasteiger partial charge in [-0.05, 0) is 18.6 Å². The number of nitrogens with zero attached hydrogens (tertiary/aromatic N) is 4. The molecule has 2 aromatic rings. The molecule has 6 nitrogen and oxygen atoms in total. The highest BCUT2D eigenvalue weighted by atomic mass is 35.5. The Morgan fingerprint density at radius 1 is 1.47 bits per heavy atom. The first-order valence-electron chi connectivity index (χ1n) is 4.97. The van der Waals surface area contributed by atoms with Crippen molar-refractivity contribution in [1.82, 2.24) is 19.8 Å². The van der Waals surface area contributed by atoms with Gasteiger partial charge in [0.1, 0.15) is 0 Å². The molecule has 17 heavy (non-hydrogen) atoms. The molecule has 0 saturated heterocycles. The smallest absolute Gasteiger partial charge is 0.358 e. The Kier molecular flexibility index (Phi) is 4.01. The molecule has 2 aromatic heterocycles. The summed E-state index contributed by atoms with van der Waals surface area (Å²) in [5, 5.41) is 12.2. The molecule has 7 heteroatoms. The van der Waals surface area contributed by atoms with Gasteiger partial charge in [0.15, 0.2) is 17.2 Å². The Morgan fingerprint density at radius 2 is 2.18 bits per heavy atom. The molecular formula is C10H13ClN4O2. The fourth-order valence-corrected chi connectivity index (χ4v) is 1.49. The first-order chi connectivity index (χ1) is 7.67. The SMILES string of the molecule is CCc1nnc2c(C)cc(C(=O)OC)nn12.Cl. The third-order valence-electron chi connectivity index (χ3n) is 2.33. The fourth-order valence-electron chi connectivity index (χ4n) is 1.49. The number of fused-ring (bicyclic) bond motifs is 1.